The van der Waals surface area contributed by atoms with Crippen LogP contribution in [-0.4, -0.2) is 37.3 Å². The van der Waals surface area contributed by atoms with Crippen LogP contribution < -0.4 is 5.32 Å². The number of nitrogens with zero attached hydrogens (tertiary/aromatic N) is 1. The first kappa shape index (κ1) is 19.5. The summed E-state index contributed by atoms with van der Waals surface area (Å²) >= 11 is 3.19. The lowest BCUT2D eigenvalue weighted by Gasteiger charge is -2.36. The lowest BCUT2D eigenvalue weighted by atomic mass is 9.97. The van der Waals surface area contributed by atoms with Gasteiger partial charge in [0.05, 0.1) is 5.56 Å². The van der Waals surface area contributed by atoms with E-state index in [1.807, 2.05) is 4.90 Å². The number of halogens is 7. The molecular formula is C15H17BrF6N2. The third kappa shape index (κ3) is 5.35. The zero-order valence-corrected chi connectivity index (χ0v) is 14.2. The third-order valence-electron chi connectivity index (χ3n) is 3.98. The van der Waals surface area contributed by atoms with Crippen molar-refractivity contribution >= 4 is 15.9 Å². The Balaban J connectivity index is 2.34. The Kier molecular flexibility index (Phi) is 6.19. The molecule has 2 nitrogen and oxygen atoms in total. The van der Waals surface area contributed by atoms with Gasteiger partial charge in [-0.15, -0.1) is 0 Å². The van der Waals surface area contributed by atoms with Gasteiger partial charge in [-0.3, -0.25) is 4.90 Å². The molecule has 0 aliphatic carbocycles. The van der Waals surface area contributed by atoms with Crippen LogP contribution in [0.2, 0.25) is 0 Å². The van der Waals surface area contributed by atoms with Crippen molar-refractivity contribution in [3.05, 3.63) is 33.8 Å². The zero-order chi connectivity index (χ0) is 18.0. The van der Waals surface area contributed by atoms with Crippen LogP contribution in [0.25, 0.3) is 0 Å². The summed E-state index contributed by atoms with van der Waals surface area (Å²) < 4.78 is 77.2. The quantitative estimate of drug-likeness (QED) is 0.709. The summed E-state index contributed by atoms with van der Waals surface area (Å²) in [5, 5.41) is 3.09. The molecule has 0 bridgehead atoms. The van der Waals surface area contributed by atoms with Crippen molar-refractivity contribution in [2.45, 2.75) is 31.2 Å². The first-order valence-electron chi connectivity index (χ1n) is 7.46. The van der Waals surface area contributed by atoms with Gasteiger partial charge < -0.3 is 5.32 Å². The van der Waals surface area contributed by atoms with Crippen LogP contribution in [0, 0.1) is 0 Å². The Labute approximate surface area is 144 Å². The van der Waals surface area contributed by atoms with E-state index in [0.29, 0.717) is 30.7 Å². The van der Waals surface area contributed by atoms with Crippen molar-refractivity contribution < 1.29 is 26.3 Å². The second kappa shape index (κ2) is 7.61. The van der Waals surface area contributed by atoms with E-state index in [-0.39, 0.29) is 12.0 Å². The molecule has 0 radical (unpaired) electrons. The molecule has 9 heteroatoms. The lowest BCUT2D eigenvalue weighted by Crippen LogP contribution is -2.45. The Morgan fingerprint density at radius 2 is 1.71 bits per heavy atom. The SMILES string of the molecule is FC(F)(F)CC[C@@H](c1cc(C(F)(F)F)ccc1Br)N1CCNCC1. The number of alkyl halides is 6. The van der Waals surface area contributed by atoms with Gasteiger partial charge in [-0.25, -0.2) is 0 Å². The topological polar surface area (TPSA) is 15.3 Å². The van der Waals surface area contributed by atoms with Crippen molar-refractivity contribution in [1.82, 2.24) is 10.2 Å². The smallest absolute Gasteiger partial charge is 0.314 e. The molecule has 1 saturated heterocycles. The van der Waals surface area contributed by atoms with Gasteiger partial charge in [-0.2, -0.15) is 26.3 Å². The number of benzene rings is 1. The van der Waals surface area contributed by atoms with Crippen molar-refractivity contribution in [3.8, 4) is 0 Å². The molecule has 0 amide bonds. The normalized spacial score (nSPS) is 18.6. The van der Waals surface area contributed by atoms with E-state index in [9.17, 15) is 26.3 Å². The summed E-state index contributed by atoms with van der Waals surface area (Å²) in [7, 11) is 0. The second-order valence-electron chi connectivity index (χ2n) is 5.69. The summed E-state index contributed by atoms with van der Waals surface area (Å²) in [5.74, 6) is 0. The van der Waals surface area contributed by atoms with Crippen LogP contribution in [0.1, 0.15) is 30.0 Å². The number of hydrogen-bond acceptors (Lipinski definition) is 2. The molecule has 1 atom stereocenters. The van der Waals surface area contributed by atoms with Crippen molar-refractivity contribution in [2.24, 2.45) is 0 Å². The molecule has 136 valence electrons. The van der Waals surface area contributed by atoms with Gasteiger partial charge >= 0.3 is 12.4 Å². The van der Waals surface area contributed by atoms with Crippen molar-refractivity contribution in [1.29, 1.82) is 0 Å². The summed E-state index contributed by atoms with van der Waals surface area (Å²) in [4.78, 5) is 1.81. The van der Waals surface area contributed by atoms with Gasteiger partial charge in [0.15, 0.2) is 0 Å². The van der Waals surface area contributed by atoms with Crippen LogP contribution >= 0.6 is 15.9 Å². The van der Waals surface area contributed by atoms with Gasteiger partial charge in [0.2, 0.25) is 0 Å². The summed E-state index contributed by atoms with van der Waals surface area (Å²) in [5.41, 5.74) is -0.608. The summed E-state index contributed by atoms with van der Waals surface area (Å²) in [6, 6.07) is 2.41. The van der Waals surface area contributed by atoms with E-state index in [2.05, 4.69) is 21.2 Å². The summed E-state index contributed by atoms with van der Waals surface area (Å²) in [6.07, 6.45) is -10.2. The van der Waals surface area contributed by atoms with E-state index in [1.54, 1.807) is 0 Å². The minimum atomic E-state index is -4.53. The molecule has 0 saturated carbocycles. The predicted molar refractivity (Wildman–Crippen MR) is 81.6 cm³/mol. The first-order chi connectivity index (χ1) is 11.1. The van der Waals surface area contributed by atoms with Gasteiger partial charge in [0, 0.05) is 43.1 Å². The minimum Gasteiger partial charge on any atom is -0.314 e. The van der Waals surface area contributed by atoms with Crippen LogP contribution in [0.5, 0.6) is 0 Å². The molecule has 1 fully saturated rings. The van der Waals surface area contributed by atoms with E-state index in [1.165, 1.54) is 6.07 Å². The fraction of sp³-hybridized carbons (Fsp3) is 0.600. The van der Waals surface area contributed by atoms with Crippen LogP contribution in [0.3, 0.4) is 0 Å². The largest absolute Gasteiger partial charge is 0.416 e. The first-order valence-corrected chi connectivity index (χ1v) is 8.25. The fourth-order valence-electron chi connectivity index (χ4n) is 2.80. The molecule has 1 aliphatic heterocycles. The molecule has 1 heterocycles. The van der Waals surface area contributed by atoms with Crippen LogP contribution in [0.15, 0.2) is 22.7 Å². The summed E-state index contributed by atoms with van der Waals surface area (Å²) in [6.45, 7) is 2.18. The van der Waals surface area contributed by atoms with E-state index in [4.69, 9.17) is 0 Å². The molecule has 2 rings (SSSR count). The Bertz CT molecular complexity index is 552. The average Bonchev–Trinajstić information content (AvgIpc) is 2.48. The Hall–Kier alpha value is -0.800. The zero-order valence-electron chi connectivity index (χ0n) is 12.6. The molecule has 1 aromatic carbocycles. The third-order valence-corrected chi connectivity index (χ3v) is 4.70. The molecule has 1 aliphatic rings. The second-order valence-corrected chi connectivity index (χ2v) is 6.54. The van der Waals surface area contributed by atoms with E-state index < -0.39 is 30.4 Å². The molecule has 1 N–H and O–H groups in total. The highest BCUT2D eigenvalue weighted by molar-refractivity contribution is 9.10. The van der Waals surface area contributed by atoms with Gasteiger partial charge in [0.25, 0.3) is 0 Å². The number of nitrogens with one attached hydrogen (secondary N) is 1. The fourth-order valence-corrected chi connectivity index (χ4v) is 3.32. The molecule has 0 unspecified atom stereocenters. The Morgan fingerprint density at radius 3 is 2.25 bits per heavy atom. The molecule has 0 aromatic heterocycles. The molecule has 0 spiro atoms. The highest BCUT2D eigenvalue weighted by Gasteiger charge is 2.35. The standard InChI is InChI=1S/C15H17BrF6N2/c16-12-2-1-10(15(20,21)22)9-11(12)13(3-4-14(17,18)19)24-7-5-23-6-8-24/h1-2,9,13,23H,3-8H2/t13-/m0/s1. The average molecular weight is 419 g/mol. The molecular weight excluding hydrogens is 402 g/mol. The predicted octanol–water partition coefficient (Wildman–Crippen LogP) is 4.76. The van der Waals surface area contributed by atoms with E-state index >= 15 is 0 Å². The lowest BCUT2D eigenvalue weighted by molar-refractivity contribution is -0.140. The number of piperazine rings is 1. The number of rotatable bonds is 4. The monoisotopic (exact) mass is 418 g/mol. The van der Waals surface area contributed by atoms with Crippen LogP contribution in [0.4, 0.5) is 26.3 Å². The molecule has 24 heavy (non-hydrogen) atoms. The molecule has 1 aromatic rings. The Morgan fingerprint density at radius 1 is 1.08 bits per heavy atom. The van der Waals surface area contributed by atoms with Crippen molar-refractivity contribution in [2.75, 3.05) is 26.2 Å². The maximum absolute atomic E-state index is 13.0. The van der Waals surface area contributed by atoms with Crippen molar-refractivity contribution in [3.63, 3.8) is 0 Å². The van der Waals surface area contributed by atoms with E-state index in [0.717, 1.165) is 12.1 Å². The highest BCUT2D eigenvalue weighted by Crippen LogP contribution is 2.38. The van der Waals surface area contributed by atoms with Gasteiger partial charge in [-0.05, 0) is 30.2 Å². The van der Waals surface area contributed by atoms with Crippen LogP contribution in [-0.2, 0) is 6.18 Å². The van der Waals surface area contributed by atoms with Gasteiger partial charge in [0.1, 0.15) is 0 Å². The van der Waals surface area contributed by atoms with Gasteiger partial charge in [-0.1, -0.05) is 15.9 Å². The number of hydrogen-bond donors (Lipinski definition) is 1. The maximum atomic E-state index is 13.0. The maximum Gasteiger partial charge on any atom is 0.416 e. The highest BCUT2D eigenvalue weighted by atomic mass is 79.9. The minimum absolute atomic E-state index is 0.246.